The molecule has 1 fully saturated rings. The normalized spacial score (nSPS) is 25.0. The predicted octanol–water partition coefficient (Wildman–Crippen LogP) is 4.11. The first kappa shape index (κ1) is 16.2. The van der Waals surface area contributed by atoms with Crippen LogP contribution >= 0.6 is 0 Å². The second-order valence-corrected chi connectivity index (χ2v) is 7.71. The first-order chi connectivity index (χ1) is 10.8. The fourth-order valence-corrected chi connectivity index (χ4v) is 4.41. The molecular weight excluding hydrogens is 284 g/mol. The van der Waals surface area contributed by atoms with E-state index in [0.29, 0.717) is 6.42 Å². The molecule has 0 spiro atoms. The first-order valence-electron chi connectivity index (χ1n) is 8.35. The molecule has 1 unspecified atom stereocenters. The Balaban J connectivity index is 2.19. The quantitative estimate of drug-likeness (QED) is 0.820. The fourth-order valence-electron chi connectivity index (χ4n) is 4.41. The molecule has 2 aromatic carbocycles. The molecule has 0 amide bonds. The van der Waals surface area contributed by atoms with E-state index in [-0.39, 0.29) is 11.3 Å². The number of aliphatic hydroxyl groups is 2. The largest absolute Gasteiger partial charge is 0.365 e. The molecule has 2 heteroatoms. The third-order valence-electron chi connectivity index (χ3n) is 5.73. The van der Waals surface area contributed by atoms with Gasteiger partial charge in [-0.15, -0.1) is 0 Å². The van der Waals surface area contributed by atoms with Crippen molar-refractivity contribution in [2.45, 2.75) is 44.8 Å². The highest BCUT2D eigenvalue weighted by molar-refractivity contribution is 5.41. The molecule has 23 heavy (non-hydrogen) atoms. The van der Waals surface area contributed by atoms with E-state index in [0.717, 1.165) is 6.42 Å². The molecule has 0 aliphatic heterocycles. The number of hydrogen-bond donors (Lipinski definition) is 2. The third-order valence-corrected chi connectivity index (χ3v) is 5.73. The summed E-state index contributed by atoms with van der Waals surface area (Å²) in [5.41, 5.74) is 1.71. The monoisotopic (exact) mass is 310 g/mol. The Morgan fingerprint density at radius 2 is 1.26 bits per heavy atom. The molecular formula is C21H26O2. The fraction of sp³-hybridized carbons (Fsp3) is 0.429. The van der Waals surface area contributed by atoms with Gasteiger partial charge in [-0.05, 0) is 24.0 Å². The molecule has 0 bridgehead atoms. The topological polar surface area (TPSA) is 40.5 Å². The zero-order chi connectivity index (χ0) is 16.7. The van der Waals surface area contributed by atoms with E-state index in [1.807, 2.05) is 32.9 Å². The molecule has 1 aliphatic rings. The minimum Gasteiger partial charge on any atom is -0.365 e. The summed E-state index contributed by atoms with van der Waals surface area (Å²) in [6.07, 6.45) is 1.42. The molecule has 122 valence electrons. The molecule has 0 aromatic heterocycles. The number of benzene rings is 2. The second-order valence-electron chi connectivity index (χ2n) is 7.71. The van der Waals surface area contributed by atoms with Crippen molar-refractivity contribution in [1.29, 1.82) is 0 Å². The third kappa shape index (κ3) is 2.50. The van der Waals surface area contributed by atoms with Gasteiger partial charge >= 0.3 is 0 Å². The standard InChI is InChI=1S/C21H26O2/c1-16-14-20(17-10-6-4-7-11-17,18-12-8-5-9-13-18)15-19(2,3)21(16,22)23/h4-13,16,22-23H,14-15H2,1-3H3. The average Bonchev–Trinajstić information content (AvgIpc) is 2.54. The molecule has 0 radical (unpaired) electrons. The van der Waals surface area contributed by atoms with Crippen LogP contribution in [-0.2, 0) is 5.41 Å². The molecule has 1 saturated carbocycles. The number of hydrogen-bond acceptors (Lipinski definition) is 2. The van der Waals surface area contributed by atoms with Gasteiger partial charge in [0.25, 0.3) is 0 Å². The van der Waals surface area contributed by atoms with Crippen LogP contribution in [0, 0.1) is 11.3 Å². The van der Waals surface area contributed by atoms with Gasteiger partial charge in [0, 0.05) is 16.7 Å². The van der Waals surface area contributed by atoms with Gasteiger partial charge in [-0.2, -0.15) is 0 Å². The molecule has 2 nitrogen and oxygen atoms in total. The van der Waals surface area contributed by atoms with Gasteiger partial charge in [0.15, 0.2) is 5.79 Å². The van der Waals surface area contributed by atoms with Crippen molar-refractivity contribution in [2.75, 3.05) is 0 Å². The predicted molar refractivity (Wildman–Crippen MR) is 93.0 cm³/mol. The Morgan fingerprint density at radius 1 is 0.826 bits per heavy atom. The summed E-state index contributed by atoms with van der Waals surface area (Å²) in [7, 11) is 0. The van der Waals surface area contributed by atoms with Crippen LogP contribution in [0.2, 0.25) is 0 Å². The Bertz CT molecular complexity index is 619. The van der Waals surface area contributed by atoms with E-state index in [2.05, 4.69) is 48.5 Å². The summed E-state index contributed by atoms with van der Waals surface area (Å²) in [6, 6.07) is 21.0. The van der Waals surface area contributed by atoms with Crippen LogP contribution in [0.5, 0.6) is 0 Å². The van der Waals surface area contributed by atoms with Gasteiger partial charge in [-0.25, -0.2) is 0 Å². The summed E-state index contributed by atoms with van der Waals surface area (Å²) >= 11 is 0. The zero-order valence-corrected chi connectivity index (χ0v) is 14.2. The van der Waals surface area contributed by atoms with E-state index in [1.165, 1.54) is 11.1 Å². The van der Waals surface area contributed by atoms with E-state index in [1.54, 1.807) is 0 Å². The van der Waals surface area contributed by atoms with E-state index in [4.69, 9.17) is 0 Å². The van der Waals surface area contributed by atoms with Crippen LogP contribution in [0.3, 0.4) is 0 Å². The molecule has 0 saturated heterocycles. The molecule has 2 aromatic rings. The number of rotatable bonds is 2. The van der Waals surface area contributed by atoms with Crippen molar-refractivity contribution in [2.24, 2.45) is 11.3 Å². The summed E-state index contributed by atoms with van der Waals surface area (Å²) in [5, 5.41) is 21.3. The SMILES string of the molecule is CC1CC(c2ccccc2)(c2ccccc2)CC(C)(C)C1(O)O. The van der Waals surface area contributed by atoms with Gasteiger partial charge < -0.3 is 10.2 Å². The summed E-state index contributed by atoms with van der Waals surface area (Å²) in [5.74, 6) is -1.87. The van der Waals surface area contributed by atoms with Crippen LogP contribution < -0.4 is 0 Å². The minimum absolute atomic E-state index is 0.194. The first-order valence-corrected chi connectivity index (χ1v) is 8.35. The Labute approximate surface area is 138 Å². The zero-order valence-electron chi connectivity index (χ0n) is 14.2. The highest BCUT2D eigenvalue weighted by Gasteiger charge is 2.57. The van der Waals surface area contributed by atoms with Crippen molar-refractivity contribution in [3.8, 4) is 0 Å². The maximum absolute atomic E-state index is 10.7. The van der Waals surface area contributed by atoms with Gasteiger partial charge in [-0.3, -0.25) is 0 Å². The van der Waals surface area contributed by atoms with Crippen LogP contribution in [0.25, 0.3) is 0 Å². The average molecular weight is 310 g/mol. The van der Waals surface area contributed by atoms with Gasteiger partial charge in [0.1, 0.15) is 0 Å². The van der Waals surface area contributed by atoms with E-state index in [9.17, 15) is 10.2 Å². The van der Waals surface area contributed by atoms with Gasteiger partial charge in [0.2, 0.25) is 0 Å². The lowest BCUT2D eigenvalue weighted by atomic mass is 9.53. The smallest absolute Gasteiger partial charge is 0.170 e. The van der Waals surface area contributed by atoms with E-state index >= 15 is 0 Å². The molecule has 2 N–H and O–H groups in total. The Hall–Kier alpha value is -1.64. The maximum atomic E-state index is 10.7. The molecule has 0 heterocycles. The van der Waals surface area contributed by atoms with Crippen molar-refractivity contribution < 1.29 is 10.2 Å². The summed E-state index contributed by atoms with van der Waals surface area (Å²) in [4.78, 5) is 0. The van der Waals surface area contributed by atoms with Crippen LogP contribution in [0.1, 0.15) is 44.7 Å². The lowest BCUT2D eigenvalue weighted by Crippen LogP contribution is -2.58. The molecule has 3 rings (SSSR count). The van der Waals surface area contributed by atoms with Crippen LogP contribution in [0.15, 0.2) is 60.7 Å². The lowest BCUT2D eigenvalue weighted by Gasteiger charge is -2.55. The van der Waals surface area contributed by atoms with Crippen molar-refractivity contribution >= 4 is 0 Å². The molecule has 1 atom stereocenters. The van der Waals surface area contributed by atoms with Crippen molar-refractivity contribution in [3.63, 3.8) is 0 Å². The van der Waals surface area contributed by atoms with Crippen LogP contribution in [-0.4, -0.2) is 16.0 Å². The Morgan fingerprint density at radius 3 is 1.65 bits per heavy atom. The highest BCUT2D eigenvalue weighted by Crippen LogP contribution is 2.56. The Kier molecular flexibility index (Phi) is 3.86. The van der Waals surface area contributed by atoms with Crippen molar-refractivity contribution in [1.82, 2.24) is 0 Å². The van der Waals surface area contributed by atoms with Gasteiger partial charge in [0.05, 0.1) is 0 Å². The lowest BCUT2D eigenvalue weighted by molar-refractivity contribution is -0.286. The maximum Gasteiger partial charge on any atom is 0.170 e. The minimum atomic E-state index is -1.65. The van der Waals surface area contributed by atoms with Crippen LogP contribution in [0.4, 0.5) is 0 Å². The summed E-state index contributed by atoms with van der Waals surface area (Å²) in [6.45, 7) is 5.87. The second kappa shape index (κ2) is 5.47. The molecule has 1 aliphatic carbocycles. The van der Waals surface area contributed by atoms with Gasteiger partial charge in [-0.1, -0.05) is 81.4 Å². The summed E-state index contributed by atoms with van der Waals surface area (Å²) < 4.78 is 0. The van der Waals surface area contributed by atoms with E-state index < -0.39 is 11.2 Å². The highest BCUT2D eigenvalue weighted by atomic mass is 16.5. The van der Waals surface area contributed by atoms with Crippen molar-refractivity contribution in [3.05, 3.63) is 71.8 Å².